The predicted octanol–water partition coefficient (Wildman–Crippen LogP) is -1.01. The minimum absolute atomic E-state index is 0.0903. The Labute approximate surface area is 155 Å². The zero-order chi connectivity index (χ0) is 21.3. The van der Waals surface area contributed by atoms with Gasteiger partial charge in [0.2, 0.25) is 0 Å². The number of nitrogens with zero attached hydrogens (tertiary/aromatic N) is 1. The van der Waals surface area contributed by atoms with Crippen LogP contribution in [0.4, 0.5) is 0 Å². The van der Waals surface area contributed by atoms with Gasteiger partial charge in [0.15, 0.2) is 0 Å². The van der Waals surface area contributed by atoms with Crippen LogP contribution >= 0.6 is 23.2 Å². The molecule has 15 nitrogen and oxygen atoms in total. The third-order valence-corrected chi connectivity index (χ3v) is 7.85. The van der Waals surface area contributed by atoms with Crippen LogP contribution in [0.25, 0.3) is 0 Å². The number of phosphoric acid groups is 2. The quantitative estimate of drug-likeness (QED) is 0.252. The molecule has 1 aromatic rings. The van der Waals surface area contributed by atoms with E-state index in [-0.39, 0.29) is 12.8 Å². The van der Waals surface area contributed by atoms with Gasteiger partial charge in [-0.3, -0.25) is 18.9 Å². The number of nitrogens with one attached hydrogen (secondary N) is 1. The first-order valence-corrected chi connectivity index (χ1v) is 12.2. The highest BCUT2D eigenvalue weighted by Gasteiger charge is 2.41. The first-order valence-electron chi connectivity index (χ1n) is 7.45. The molecule has 6 N–H and O–H groups in total. The van der Waals surface area contributed by atoms with Gasteiger partial charge in [-0.15, -0.1) is 0 Å². The Kier molecular flexibility index (Phi) is 7.02. The van der Waals surface area contributed by atoms with Gasteiger partial charge >= 0.3 is 28.9 Å². The van der Waals surface area contributed by atoms with Crippen molar-refractivity contribution in [3.63, 3.8) is 0 Å². The van der Waals surface area contributed by atoms with Crippen LogP contribution in [0.15, 0.2) is 21.9 Å². The number of aromatic amines is 1. The molecule has 1 aromatic heterocycles. The lowest BCUT2D eigenvalue weighted by molar-refractivity contribution is -0.0218. The molecule has 5 atom stereocenters. The summed E-state index contributed by atoms with van der Waals surface area (Å²) in [6.07, 6.45) is -3.40. The minimum Gasteiger partial charge on any atom is -0.390 e. The van der Waals surface area contributed by atoms with Crippen molar-refractivity contribution < 1.29 is 51.7 Å². The van der Waals surface area contributed by atoms with Crippen molar-refractivity contribution in [2.24, 2.45) is 0 Å². The molecule has 2 heterocycles. The van der Waals surface area contributed by atoms with E-state index in [1.807, 2.05) is 4.98 Å². The number of aliphatic hydroxyl groups is 1. The lowest BCUT2D eigenvalue weighted by Crippen LogP contribution is -2.31. The Morgan fingerprint density at radius 1 is 1.18 bits per heavy atom. The summed E-state index contributed by atoms with van der Waals surface area (Å²) in [4.78, 5) is 60.4. The summed E-state index contributed by atoms with van der Waals surface area (Å²) in [5, 5.41) is 9.99. The van der Waals surface area contributed by atoms with Gasteiger partial charge in [0.1, 0.15) is 6.23 Å². The standard InChI is InChI=1S/C10H17N2O13P3/c13-6-5-9(12-3-1-8(14)11-10(12)15)23-7(6)2-4-26(16,17)24-28(21,22)25-27(18,19)20/h1,3,6-7,9,13H,2,4-5H2,(H,16,17)(H,21,22)(H,11,14,15)(H2,18,19,20)/t6-,7+,9+/m0/s1. The molecule has 1 fully saturated rings. The molecule has 1 aliphatic rings. The van der Waals surface area contributed by atoms with E-state index >= 15 is 0 Å². The van der Waals surface area contributed by atoms with Crippen LogP contribution in [-0.2, 0) is 27.1 Å². The Balaban J connectivity index is 1.99. The predicted molar refractivity (Wildman–Crippen MR) is 89.2 cm³/mol. The van der Waals surface area contributed by atoms with E-state index in [1.54, 1.807) is 0 Å². The summed E-state index contributed by atoms with van der Waals surface area (Å²) in [6.45, 7) is 0. The molecule has 1 aliphatic heterocycles. The van der Waals surface area contributed by atoms with Crippen LogP contribution in [0.3, 0.4) is 0 Å². The van der Waals surface area contributed by atoms with E-state index in [0.717, 1.165) is 16.8 Å². The monoisotopic (exact) mass is 466 g/mol. The molecule has 28 heavy (non-hydrogen) atoms. The van der Waals surface area contributed by atoms with E-state index in [1.165, 1.54) is 0 Å². The number of aromatic nitrogens is 2. The summed E-state index contributed by atoms with van der Waals surface area (Å²) >= 11 is 0. The molecule has 2 unspecified atom stereocenters. The maximum absolute atomic E-state index is 11.9. The van der Waals surface area contributed by atoms with Crippen molar-refractivity contribution in [3.05, 3.63) is 33.1 Å². The Bertz CT molecular complexity index is 966. The Morgan fingerprint density at radius 2 is 1.82 bits per heavy atom. The summed E-state index contributed by atoms with van der Waals surface area (Å²) in [6, 6.07) is 1.06. The van der Waals surface area contributed by atoms with Crippen LogP contribution < -0.4 is 11.2 Å². The number of aliphatic hydroxyl groups excluding tert-OH is 1. The molecular formula is C10H17N2O13P3. The largest absolute Gasteiger partial charge is 0.488 e. The molecule has 0 aliphatic carbocycles. The van der Waals surface area contributed by atoms with Crippen molar-refractivity contribution in [1.29, 1.82) is 0 Å². The highest BCUT2D eigenvalue weighted by atomic mass is 31.3. The molecule has 2 rings (SSSR count). The lowest BCUT2D eigenvalue weighted by Gasteiger charge is -2.19. The van der Waals surface area contributed by atoms with Gasteiger partial charge in [0.05, 0.1) is 18.4 Å². The summed E-state index contributed by atoms with van der Waals surface area (Å²) in [5.41, 5.74) is -1.43. The highest BCUT2D eigenvalue weighted by Crippen LogP contribution is 2.66. The molecule has 0 spiro atoms. The van der Waals surface area contributed by atoms with Gasteiger partial charge < -0.3 is 29.4 Å². The lowest BCUT2D eigenvalue weighted by atomic mass is 10.1. The smallest absolute Gasteiger partial charge is 0.390 e. The maximum Gasteiger partial charge on any atom is 0.488 e. The Morgan fingerprint density at radius 3 is 2.39 bits per heavy atom. The molecule has 0 radical (unpaired) electrons. The van der Waals surface area contributed by atoms with E-state index in [4.69, 9.17) is 19.4 Å². The Hall–Kier alpha value is -0.950. The van der Waals surface area contributed by atoms with E-state index in [2.05, 4.69) is 8.62 Å². The van der Waals surface area contributed by atoms with Crippen molar-refractivity contribution in [2.45, 2.75) is 31.3 Å². The molecule has 0 amide bonds. The average Bonchev–Trinajstić information content (AvgIpc) is 2.82. The number of ether oxygens (including phenoxy) is 1. The molecule has 0 aromatic carbocycles. The minimum atomic E-state index is -5.54. The highest BCUT2D eigenvalue weighted by molar-refractivity contribution is 7.68. The molecular weight excluding hydrogens is 449 g/mol. The van der Waals surface area contributed by atoms with Gasteiger partial charge in [-0.25, -0.2) is 18.2 Å². The van der Waals surface area contributed by atoms with Gasteiger partial charge in [-0.05, 0) is 6.42 Å². The average molecular weight is 466 g/mol. The summed E-state index contributed by atoms with van der Waals surface area (Å²) in [7, 11) is -15.9. The zero-order valence-electron chi connectivity index (χ0n) is 13.8. The van der Waals surface area contributed by atoms with Crippen molar-refractivity contribution in [2.75, 3.05) is 6.16 Å². The van der Waals surface area contributed by atoms with Crippen molar-refractivity contribution >= 4 is 23.2 Å². The van der Waals surface area contributed by atoms with Gasteiger partial charge in [0.25, 0.3) is 5.56 Å². The number of hydrogen-bond donors (Lipinski definition) is 6. The van der Waals surface area contributed by atoms with E-state index in [0.29, 0.717) is 0 Å². The maximum atomic E-state index is 11.9. The first-order chi connectivity index (χ1) is 12.7. The van der Waals surface area contributed by atoms with Crippen molar-refractivity contribution in [3.8, 4) is 0 Å². The molecule has 160 valence electrons. The second kappa shape index (κ2) is 8.42. The van der Waals surface area contributed by atoms with E-state index in [9.17, 15) is 33.3 Å². The fraction of sp³-hybridized carbons (Fsp3) is 0.600. The molecule has 1 saturated heterocycles. The fourth-order valence-corrected chi connectivity index (χ4v) is 6.10. The second-order valence-electron chi connectivity index (χ2n) is 5.72. The first kappa shape index (κ1) is 23.3. The van der Waals surface area contributed by atoms with E-state index < -0.39 is 59.1 Å². The number of H-pyrrole nitrogens is 1. The third kappa shape index (κ3) is 6.83. The topological polar surface area (TPSA) is 235 Å². The second-order valence-corrected chi connectivity index (χ2v) is 10.7. The van der Waals surface area contributed by atoms with Gasteiger partial charge in [0, 0.05) is 18.7 Å². The van der Waals surface area contributed by atoms with Gasteiger partial charge in [-0.2, -0.15) is 4.31 Å². The molecule has 0 saturated carbocycles. The van der Waals surface area contributed by atoms with Crippen molar-refractivity contribution in [1.82, 2.24) is 9.55 Å². The van der Waals surface area contributed by atoms with Crippen LogP contribution in [0.5, 0.6) is 0 Å². The SMILES string of the molecule is O=c1ccn([C@H]2C[C@H](O)[C@@H](CCP(=O)(O)OP(=O)(O)OP(=O)(O)O)O2)c(=O)[nH]1. The van der Waals surface area contributed by atoms with Crippen LogP contribution in [0, 0.1) is 0 Å². The van der Waals surface area contributed by atoms with Crippen LogP contribution in [-0.4, -0.2) is 52.6 Å². The van der Waals surface area contributed by atoms with Crippen LogP contribution in [0.1, 0.15) is 19.1 Å². The zero-order valence-corrected chi connectivity index (χ0v) is 16.5. The third-order valence-electron chi connectivity index (χ3n) is 3.50. The van der Waals surface area contributed by atoms with Gasteiger partial charge in [-0.1, -0.05) is 0 Å². The molecule has 18 heteroatoms. The summed E-state index contributed by atoms with van der Waals surface area (Å²) in [5.74, 6) is 0. The number of rotatable bonds is 8. The normalized spacial score (nSPS) is 27.2. The summed E-state index contributed by atoms with van der Waals surface area (Å²) < 4.78 is 47.5. The van der Waals surface area contributed by atoms with Crippen LogP contribution in [0.2, 0.25) is 0 Å². The fourth-order valence-electron chi connectivity index (χ4n) is 2.44. The number of hydrogen-bond acceptors (Lipinski definition) is 9. The molecule has 0 bridgehead atoms.